The van der Waals surface area contributed by atoms with Gasteiger partial charge in [0.2, 0.25) is 0 Å². The van der Waals surface area contributed by atoms with Gasteiger partial charge in [0.1, 0.15) is 11.6 Å². The summed E-state index contributed by atoms with van der Waals surface area (Å²) in [6.07, 6.45) is 0.0862. The molecule has 0 amide bonds. The van der Waals surface area contributed by atoms with Crippen LogP contribution in [0.25, 0.3) is 0 Å². The van der Waals surface area contributed by atoms with Gasteiger partial charge in [0, 0.05) is 24.1 Å². The lowest BCUT2D eigenvalue weighted by Gasteiger charge is -2.04. The summed E-state index contributed by atoms with van der Waals surface area (Å²) >= 11 is 0. The van der Waals surface area contributed by atoms with Gasteiger partial charge in [0.25, 0.3) is 0 Å². The van der Waals surface area contributed by atoms with Crippen molar-refractivity contribution in [2.75, 3.05) is 0 Å². The Morgan fingerprint density at radius 3 is 2.29 bits per heavy atom. The molecule has 0 aliphatic carbocycles. The predicted molar refractivity (Wildman–Crippen MR) is 49.0 cm³/mol. The van der Waals surface area contributed by atoms with Gasteiger partial charge in [-0.2, -0.15) is 0 Å². The monoisotopic (exact) mass is 199 g/mol. The van der Waals surface area contributed by atoms with E-state index in [9.17, 15) is 13.6 Å². The van der Waals surface area contributed by atoms with E-state index in [2.05, 4.69) is 0 Å². The summed E-state index contributed by atoms with van der Waals surface area (Å²) < 4.78 is 25.4. The van der Waals surface area contributed by atoms with Crippen LogP contribution < -0.4 is 5.73 Å². The molecule has 4 heteroatoms. The molecule has 1 unspecified atom stereocenters. The number of benzene rings is 1. The Kier molecular flexibility index (Phi) is 3.30. The minimum Gasteiger partial charge on any atom is -0.328 e. The number of ketones is 1. The van der Waals surface area contributed by atoms with Crippen LogP contribution in [0.4, 0.5) is 8.78 Å². The maximum atomic E-state index is 12.7. The summed E-state index contributed by atoms with van der Waals surface area (Å²) in [5.41, 5.74) is 5.43. The zero-order valence-corrected chi connectivity index (χ0v) is 7.76. The first-order valence-electron chi connectivity index (χ1n) is 4.24. The fraction of sp³-hybridized carbons (Fsp3) is 0.300. The molecule has 0 aromatic heterocycles. The zero-order valence-electron chi connectivity index (χ0n) is 7.76. The second kappa shape index (κ2) is 4.28. The van der Waals surface area contributed by atoms with E-state index in [1.807, 2.05) is 0 Å². The first-order valence-corrected chi connectivity index (χ1v) is 4.24. The molecule has 0 bridgehead atoms. The SMILES string of the molecule is CC(N)CC(=O)c1cc(F)cc(F)c1. The molecular formula is C10H11F2NO. The fourth-order valence-corrected chi connectivity index (χ4v) is 1.13. The number of hydrogen-bond acceptors (Lipinski definition) is 2. The fourth-order valence-electron chi connectivity index (χ4n) is 1.13. The van der Waals surface area contributed by atoms with Crippen LogP contribution in [0.2, 0.25) is 0 Å². The number of nitrogens with two attached hydrogens (primary N) is 1. The minimum absolute atomic E-state index is 0.0276. The summed E-state index contributed by atoms with van der Waals surface area (Å²) in [6, 6.07) is 2.43. The van der Waals surface area contributed by atoms with Crippen molar-refractivity contribution >= 4 is 5.78 Å². The second-order valence-corrected chi connectivity index (χ2v) is 3.26. The lowest BCUT2D eigenvalue weighted by atomic mass is 10.0. The smallest absolute Gasteiger partial charge is 0.164 e. The van der Waals surface area contributed by atoms with Gasteiger partial charge in [-0.25, -0.2) is 8.78 Å². The minimum atomic E-state index is -0.752. The van der Waals surface area contributed by atoms with Gasteiger partial charge in [0.15, 0.2) is 5.78 Å². The van der Waals surface area contributed by atoms with Crippen LogP contribution in [0.15, 0.2) is 18.2 Å². The third-order valence-corrected chi connectivity index (χ3v) is 1.69. The first kappa shape index (κ1) is 10.8. The quantitative estimate of drug-likeness (QED) is 0.755. The molecular weight excluding hydrogens is 188 g/mol. The molecule has 1 atom stereocenters. The Morgan fingerprint density at radius 2 is 1.86 bits per heavy atom. The van der Waals surface area contributed by atoms with Gasteiger partial charge < -0.3 is 5.73 Å². The van der Waals surface area contributed by atoms with Gasteiger partial charge in [-0.05, 0) is 19.1 Å². The number of rotatable bonds is 3. The van der Waals surface area contributed by atoms with Crippen molar-refractivity contribution < 1.29 is 13.6 Å². The summed E-state index contributed by atoms with van der Waals surface area (Å²) in [4.78, 5) is 11.3. The van der Waals surface area contributed by atoms with E-state index in [-0.39, 0.29) is 23.8 Å². The highest BCUT2D eigenvalue weighted by Gasteiger charge is 2.10. The van der Waals surface area contributed by atoms with Crippen molar-refractivity contribution in [3.05, 3.63) is 35.4 Å². The zero-order chi connectivity index (χ0) is 10.7. The van der Waals surface area contributed by atoms with Crippen LogP contribution in [0.5, 0.6) is 0 Å². The number of Topliss-reactive ketones (excluding diaryl/α,β-unsaturated/α-hetero) is 1. The van der Waals surface area contributed by atoms with E-state index in [0.29, 0.717) is 0 Å². The van der Waals surface area contributed by atoms with E-state index in [1.165, 1.54) is 0 Å². The molecule has 1 aromatic rings. The summed E-state index contributed by atoms with van der Waals surface area (Å²) in [5.74, 6) is -1.85. The molecule has 0 saturated heterocycles. The Hall–Kier alpha value is -1.29. The normalized spacial score (nSPS) is 12.6. The maximum Gasteiger partial charge on any atom is 0.164 e. The lowest BCUT2D eigenvalue weighted by Crippen LogP contribution is -2.19. The molecule has 1 rings (SSSR count). The number of hydrogen-bond donors (Lipinski definition) is 1. The molecule has 2 nitrogen and oxygen atoms in total. The molecule has 1 aromatic carbocycles. The maximum absolute atomic E-state index is 12.7. The van der Waals surface area contributed by atoms with Gasteiger partial charge >= 0.3 is 0 Å². The van der Waals surface area contributed by atoms with Crippen LogP contribution in [0.3, 0.4) is 0 Å². The molecule has 0 aliphatic rings. The van der Waals surface area contributed by atoms with Gasteiger partial charge in [-0.1, -0.05) is 0 Å². The van der Waals surface area contributed by atoms with Crippen molar-refractivity contribution in [3.63, 3.8) is 0 Å². The predicted octanol–water partition coefficient (Wildman–Crippen LogP) is 1.88. The van der Waals surface area contributed by atoms with Crippen LogP contribution in [-0.4, -0.2) is 11.8 Å². The molecule has 0 heterocycles. The number of carbonyl (C=O) groups excluding carboxylic acids is 1. The van der Waals surface area contributed by atoms with Crippen LogP contribution in [-0.2, 0) is 0 Å². The van der Waals surface area contributed by atoms with Gasteiger partial charge in [-0.3, -0.25) is 4.79 Å². The molecule has 0 saturated carbocycles. The lowest BCUT2D eigenvalue weighted by molar-refractivity contribution is 0.0975. The van der Waals surface area contributed by atoms with Crippen LogP contribution in [0.1, 0.15) is 23.7 Å². The highest BCUT2D eigenvalue weighted by molar-refractivity contribution is 5.96. The van der Waals surface area contributed by atoms with Crippen molar-refractivity contribution in [2.24, 2.45) is 5.73 Å². The molecule has 14 heavy (non-hydrogen) atoms. The Bertz CT molecular complexity index is 330. The highest BCUT2D eigenvalue weighted by Crippen LogP contribution is 2.10. The summed E-state index contributed by atoms with van der Waals surface area (Å²) in [7, 11) is 0. The highest BCUT2D eigenvalue weighted by atomic mass is 19.1. The third kappa shape index (κ3) is 2.88. The van der Waals surface area contributed by atoms with Crippen LogP contribution in [0, 0.1) is 11.6 Å². The van der Waals surface area contributed by atoms with E-state index in [4.69, 9.17) is 5.73 Å². The Balaban J connectivity index is 2.90. The van der Waals surface area contributed by atoms with Crippen molar-refractivity contribution in [1.82, 2.24) is 0 Å². The summed E-state index contributed by atoms with van der Waals surface area (Å²) in [6.45, 7) is 1.66. The largest absolute Gasteiger partial charge is 0.328 e. The molecule has 0 fully saturated rings. The first-order chi connectivity index (χ1) is 6.49. The van der Waals surface area contributed by atoms with Crippen molar-refractivity contribution in [2.45, 2.75) is 19.4 Å². The van der Waals surface area contributed by atoms with E-state index >= 15 is 0 Å². The number of carbonyl (C=O) groups is 1. The van der Waals surface area contributed by atoms with Crippen molar-refractivity contribution in [1.29, 1.82) is 0 Å². The van der Waals surface area contributed by atoms with Gasteiger partial charge in [0.05, 0.1) is 0 Å². The molecule has 76 valence electrons. The van der Waals surface area contributed by atoms with E-state index in [0.717, 1.165) is 18.2 Å². The average molecular weight is 199 g/mol. The third-order valence-electron chi connectivity index (χ3n) is 1.69. The topological polar surface area (TPSA) is 43.1 Å². The molecule has 2 N–H and O–H groups in total. The Morgan fingerprint density at radius 1 is 1.36 bits per heavy atom. The average Bonchev–Trinajstić information content (AvgIpc) is 2.00. The van der Waals surface area contributed by atoms with Crippen molar-refractivity contribution in [3.8, 4) is 0 Å². The molecule has 0 spiro atoms. The van der Waals surface area contributed by atoms with E-state index < -0.39 is 11.6 Å². The Labute approximate surface area is 80.7 Å². The molecule has 0 aliphatic heterocycles. The molecule has 0 radical (unpaired) electrons. The van der Waals surface area contributed by atoms with Gasteiger partial charge in [-0.15, -0.1) is 0 Å². The standard InChI is InChI=1S/C10H11F2NO/c1-6(13)2-10(14)7-3-8(11)5-9(12)4-7/h3-6H,2,13H2,1H3. The van der Waals surface area contributed by atoms with E-state index in [1.54, 1.807) is 6.92 Å². The number of halogens is 2. The second-order valence-electron chi connectivity index (χ2n) is 3.26. The van der Waals surface area contributed by atoms with Crippen LogP contribution >= 0.6 is 0 Å². The summed E-state index contributed by atoms with van der Waals surface area (Å²) in [5, 5.41) is 0.